The summed E-state index contributed by atoms with van der Waals surface area (Å²) in [6.07, 6.45) is 4.03. The van der Waals surface area contributed by atoms with Crippen molar-refractivity contribution in [2.75, 3.05) is 57.7 Å². The molecule has 270 valence electrons. The van der Waals surface area contributed by atoms with Crippen molar-refractivity contribution in [1.82, 2.24) is 29.8 Å². The summed E-state index contributed by atoms with van der Waals surface area (Å²) >= 11 is 3.57. The number of aliphatic carboxylic acids is 1. The zero-order valence-corrected chi connectivity index (χ0v) is 30.7. The van der Waals surface area contributed by atoms with Crippen molar-refractivity contribution in [2.45, 2.75) is 83.1 Å². The van der Waals surface area contributed by atoms with Crippen molar-refractivity contribution in [2.24, 2.45) is 0 Å². The maximum atomic E-state index is 14.1. The number of urea groups is 2. The van der Waals surface area contributed by atoms with Gasteiger partial charge in [0.15, 0.2) is 0 Å². The summed E-state index contributed by atoms with van der Waals surface area (Å²) in [5, 5.41) is 15.7. The third-order valence-corrected chi connectivity index (χ3v) is 12.0. The van der Waals surface area contributed by atoms with Gasteiger partial charge in [0, 0.05) is 87.6 Å². The zero-order chi connectivity index (χ0) is 35.4. The molecular formula is C37H50BrN7O5. The van der Waals surface area contributed by atoms with E-state index in [2.05, 4.69) is 42.4 Å². The molecular weight excluding hydrogens is 702 g/mol. The number of anilines is 1. The molecule has 0 bridgehead atoms. The van der Waals surface area contributed by atoms with Crippen molar-refractivity contribution in [3.05, 3.63) is 63.6 Å². The number of rotatable bonds is 9. The monoisotopic (exact) mass is 751 g/mol. The Bertz CT molecular complexity index is 1550. The van der Waals surface area contributed by atoms with Crippen LogP contribution in [0.1, 0.15) is 55.7 Å². The van der Waals surface area contributed by atoms with E-state index in [9.17, 15) is 24.3 Å². The van der Waals surface area contributed by atoms with Crippen LogP contribution in [0.2, 0.25) is 0 Å². The van der Waals surface area contributed by atoms with E-state index in [0.717, 1.165) is 65.9 Å². The van der Waals surface area contributed by atoms with E-state index in [1.165, 1.54) is 0 Å². The number of fused-ring (bicyclic) bond motifs is 1. The lowest BCUT2D eigenvalue weighted by Gasteiger charge is -2.44. The normalized spacial score (nSPS) is 20.9. The van der Waals surface area contributed by atoms with Crippen molar-refractivity contribution < 1.29 is 24.3 Å². The van der Waals surface area contributed by atoms with Crippen molar-refractivity contribution in [3.8, 4) is 0 Å². The van der Waals surface area contributed by atoms with Gasteiger partial charge >= 0.3 is 18.0 Å². The van der Waals surface area contributed by atoms with Crippen molar-refractivity contribution in [3.63, 3.8) is 0 Å². The predicted molar refractivity (Wildman–Crippen MR) is 195 cm³/mol. The lowest BCUT2D eigenvalue weighted by atomic mass is 9.98. The first-order valence-corrected chi connectivity index (χ1v) is 18.9. The molecule has 0 aliphatic carbocycles. The highest BCUT2D eigenvalue weighted by Crippen LogP contribution is 2.28. The number of piperidine rings is 2. The first-order valence-electron chi connectivity index (χ1n) is 18.1. The maximum Gasteiger partial charge on any atom is 0.322 e. The van der Waals surface area contributed by atoms with Gasteiger partial charge in [-0.2, -0.15) is 0 Å². The number of amides is 5. The van der Waals surface area contributed by atoms with Crippen LogP contribution in [-0.4, -0.2) is 130 Å². The molecule has 4 heterocycles. The van der Waals surface area contributed by atoms with Gasteiger partial charge < -0.3 is 30.4 Å². The van der Waals surface area contributed by atoms with Crippen LogP contribution in [0.5, 0.6) is 0 Å². The van der Waals surface area contributed by atoms with Gasteiger partial charge in [-0.1, -0.05) is 53.2 Å². The fraction of sp³-hybridized carbons (Fsp3) is 0.568. The average Bonchev–Trinajstić information content (AvgIpc) is 3.13. The summed E-state index contributed by atoms with van der Waals surface area (Å²) in [6.45, 7) is 9.87. The predicted octanol–water partition coefficient (Wildman–Crippen LogP) is 4.36. The zero-order valence-electron chi connectivity index (χ0n) is 29.2. The van der Waals surface area contributed by atoms with Gasteiger partial charge in [-0.15, -0.1) is 0 Å². The van der Waals surface area contributed by atoms with Gasteiger partial charge in [-0.3, -0.25) is 19.4 Å². The van der Waals surface area contributed by atoms with Gasteiger partial charge in [0.05, 0.1) is 0 Å². The molecule has 0 spiro atoms. The van der Waals surface area contributed by atoms with Crippen LogP contribution >= 0.6 is 15.9 Å². The van der Waals surface area contributed by atoms with Crippen LogP contribution in [0, 0.1) is 6.92 Å². The van der Waals surface area contributed by atoms with Crippen molar-refractivity contribution in [1.29, 1.82) is 0 Å². The molecule has 4 aliphatic rings. The fourth-order valence-electron chi connectivity index (χ4n) is 8.08. The van der Waals surface area contributed by atoms with Crippen LogP contribution in [0.15, 0.2) is 46.9 Å². The SMILES string of the molecule is CCC(C(=O)O)N1CCN(C2CCN(C(=O)C(Cc3ccc(Br)c(C)c3)NC(=O)N3CCC(N4Cc5ccccc5NC4=O)CC3)CC2)CC1. The Morgan fingerprint density at radius 1 is 0.920 bits per heavy atom. The molecule has 13 heteroatoms. The fourth-order valence-corrected chi connectivity index (χ4v) is 8.33. The molecule has 0 saturated carbocycles. The summed E-state index contributed by atoms with van der Waals surface area (Å²) < 4.78 is 0.998. The van der Waals surface area contributed by atoms with Crippen LogP contribution in [0.25, 0.3) is 0 Å². The van der Waals surface area contributed by atoms with Crippen LogP contribution in [-0.2, 0) is 22.6 Å². The number of carbonyl (C=O) groups is 4. The van der Waals surface area contributed by atoms with Crippen LogP contribution < -0.4 is 10.6 Å². The number of carboxylic acids is 1. The molecule has 2 aromatic carbocycles. The Kier molecular flexibility index (Phi) is 11.6. The molecule has 3 fully saturated rings. The molecule has 5 amide bonds. The third-order valence-electron chi connectivity index (χ3n) is 11.1. The molecule has 6 rings (SSSR count). The summed E-state index contributed by atoms with van der Waals surface area (Å²) in [7, 11) is 0. The Labute approximate surface area is 303 Å². The minimum Gasteiger partial charge on any atom is -0.480 e. The number of halogens is 1. The Morgan fingerprint density at radius 3 is 2.24 bits per heavy atom. The molecule has 2 aromatic rings. The van der Waals surface area contributed by atoms with Crippen molar-refractivity contribution >= 4 is 45.6 Å². The number of nitrogens with one attached hydrogen (secondary N) is 2. The molecule has 0 radical (unpaired) electrons. The highest BCUT2D eigenvalue weighted by atomic mass is 79.9. The maximum absolute atomic E-state index is 14.1. The standard InChI is InChI=1S/C37H50BrN7O5/c1-3-33(35(47)48)42-20-18-41(19-21-42)28-10-14-43(15-11-28)34(46)32(23-26-8-9-30(38)25(2)22-26)40-36(49)44-16-12-29(13-17-44)45-24-27-6-4-5-7-31(27)39-37(45)50/h4-9,22,28-29,32-33H,3,10-21,23-24H2,1-2H3,(H,39,50)(H,40,49)(H,47,48). The van der Waals surface area contributed by atoms with E-state index in [1.54, 1.807) is 4.90 Å². The van der Waals surface area contributed by atoms with Crippen LogP contribution in [0.4, 0.5) is 15.3 Å². The number of nitrogens with zero attached hydrogens (tertiary/aromatic N) is 5. The molecule has 3 N–H and O–H groups in total. The third kappa shape index (κ3) is 8.26. The molecule has 50 heavy (non-hydrogen) atoms. The Morgan fingerprint density at radius 2 is 1.58 bits per heavy atom. The summed E-state index contributed by atoms with van der Waals surface area (Å²) in [5.41, 5.74) is 4.00. The first kappa shape index (κ1) is 36.1. The number of para-hydroxylation sites is 1. The van der Waals surface area contributed by atoms with E-state index >= 15 is 0 Å². The Hall–Kier alpha value is -3.68. The van der Waals surface area contributed by atoms with E-state index in [-0.39, 0.29) is 24.0 Å². The number of carbonyl (C=O) groups excluding carboxylic acids is 3. The van der Waals surface area contributed by atoms with Crippen LogP contribution in [0.3, 0.4) is 0 Å². The second-order valence-corrected chi connectivity index (χ2v) is 15.0. The van der Waals surface area contributed by atoms with Gasteiger partial charge in [-0.25, -0.2) is 9.59 Å². The smallest absolute Gasteiger partial charge is 0.322 e. The van der Waals surface area contributed by atoms with E-state index in [4.69, 9.17) is 0 Å². The van der Waals surface area contributed by atoms with E-state index in [1.807, 2.05) is 60.0 Å². The molecule has 2 atom stereocenters. The molecule has 12 nitrogen and oxygen atoms in total. The van der Waals surface area contributed by atoms with E-state index in [0.29, 0.717) is 64.4 Å². The summed E-state index contributed by atoms with van der Waals surface area (Å²) in [4.78, 5) is 62.5. The van der Waals surface area contributed by atoms with Gasteiger partial charge in [0.2, 0.25) is 5.91 Å². The number of benzene rings is 2. The molecule has 0 aromatic heterocycles. The highest BCUT2D eigenvalue weighted by molar-refractivity contribution is 9.10. The lowest BCUT2D eigenvalue weighted by molar-refractivity contribution is -0.144. The number of hydrogen-bond donors (Lipinski definition) is 3. The highest BCUT2D eigenvalue weighted by Gasteiger charge is 2.36. The quantitative estimate of drug-likeness (QED) is 0.348. The number of piperazine rings is 1. The van der Waals surface area contributed by atoms with Gasteiger partial charge in [0.1, 0.15) is 12.1 Å². The number of hydrogen-bond acceptors (Lipinski definition) is 6. The second-order valence-electron chi connectivity index (χ2n) is 14.1. The summed E-state index contributed by atoms with van der Waals surface area (Å²) in [6, 6.07) is 12.8. The van der Waals surface area contributed by atoms with E-state index < -0.39 is 18.1 Å². The lowest BCUT2D eigenvalue weighted by Crippen LogP contribution is -2.59. The number of likely N-dealkylation sites (tertiary alicyclic amines) is 2. The molecule has 4 aliphatic heterocycles. The minimum atomic E-state index is -0.754. The Balaban J connectivity index is 1.05. The van der Waals surface area contributed by atoms with Gasteiger partial charge in [0.25, 0.3) is 0 Å². The largest absolute Gasteiger partial charge is 0.480 e. The average molecular weight is 753 g/mol. The molecule has 2 unspecified atom stereocenters. The second kappa shape index (κ2) is 16.1. The number of carboxylic acid groups (broad SMARTS) is 1. The minimum absolute atomic E-state index is 0.0325. The van der Waals surface area contributed by atoms with Gasteiger partial charge in [-0.05, 0) is 67.9 Å². The first-order chi connectivity index (χ1) is 24.1. The topological polar surface area (TPSA) is 129 Å². The molecule has 3 saturated heterocycles. The number of aryl methyl sites for hydroxylation is 1. The summed E-state index contributed by atoms with van der Waals surface area (Å²) in [5.74, 6) is -0.817.